The molecule has 0 bridgehead atoms. The van der Waals surface area contributed by atoms with Crippen LogP contribution in [0.4, 0.5) is 0 Å². The molecule has 0 spiro atoms. The van der Waals surface area contributed by atoms with Crippen molar-refractivity contribution in [2.24, 2.45) is 12.0 Å². The van der Waals surface area contributed by atoms with E-state index in [1.54, 1.807) is 0 Å². The van der Waals surface area contributed by atoms with Crippen LogP contribution in [0.2, 0.25) is 0 Å². The second-order valence-corrected chi connectivity index (χ2v) is 9.11. The van der Waals surface area contributed by atoms with Crippen molar-refractivity contribution in [2.45, 2.75) is 69.2 Å². The number of hydrogen-bond donors (Lipinski definition) is 1. The number of nitrogens with one attached hydrogen (secondary N) is 1. The Labute approximate surface area is 193 Å². The summed E-state index contributed by atoms with van der Waals surface area (Å²) in [5.41, 5.74) is 1.70. The molecule has 3 heterocycles. The van der Waals surface area contributed by atoms with Gasteiger partial charge in [-0.25, -0.2) is 0 Å². The summed E-state index contributed by atoms with van der Waals surface area (Å²) in [6.45, 7) is 5.74. The number of rotatable bonds is 4. The fourth-order valence-electron chi connectivity index (χ4n) is 5.63. The molecule has 0 aromatic carbocycles. The van der Waals surface area contributed by atoms with Crippen molar-refractivity contribution >= 4 is 29.9 Å². The lowest BCUT2D eigenvalue weighted by Crippen LogP contribution is -2.59. The van der Waals surface area contributed by atoms with Gasteiger partial charge in [0.2, 0.25) is 0 Å². The molecule has 1 saturated carbocycles. The molecule has 1 aromatic heterocycles. The Balaban J connectivity index is 0.00000240. The van der Waals surface area contributed by atoms with Crippen LogP contribution in [0.1, 0.15) is 69.3 Å². The van der Waals surface area contributed by atoms with E-state index in [9.17, 15) is 0 Å². The first kappa shape index (κ1) is 22.8. The van der Waals surface area contributed by atoms with Crippen LogP contribution in [0.25, 0.3) is 0 Å². The predicted molar refractivity (Wildman–Crippen MR) is 130 cm³/mol. The van der Waals surface area contributed by atoms with Gasteiger partial charge in [-0.15, -0.1) is 24.0 Å². The van der Waals surface area contributed by atoms with Crippen LogP contribution in [0.3, 0.4) is 0 Å². The molecule has 0 amide bonds. The summed E-state index contributed by atoms with van der Waals surface area (Å²) in [5.74, 6) is 1.66. The summed E-state index contributed by atoms with van der Waals surface area (Å²) < 4.78 is 1.91. The minimum atomic E-state index is 0. The fraction of sp³-hybridized carbons (Fsp3) is 0.818. The molecule has 2 aliphatic heterocycles. The number of hydrogen-bond acceptors (Lipinski definition) is 3. The zero-order valence-corrected chi connectivity index (χ0v) is 20.6. The maximum atomic E-state index is 4.66. The third kappa shape index (κ3) is 5.27. The number of piperidine rings is 1. The van der Waals surface area contributed by atoms with E-state index in [0.29, 0.717) is 11.5 Å². The number of aryl methyl sites for hydroxylation is 1. The molecule has 1 atom stereocenters. The van der Waals surface area contributed by atoms with E-state index in [2.05, 4.69) is 31.4 Å². The van der Waals surface area contributed by atoms with Crippen molar-refractivity contribution in [3.05, 3.63) is 18.0 Å². The molecule has 29 heavy (non-hydrogen) atoms. The Morgan fingerprint density at radius 3 is 2.52 bits per heavy atom. The average Bonchev–Trinajstić information content (AvgIpc) is 3.39. The predicted octanol–water partition coefficient (Wildman–Crippen LogP) is 3.59. The maximum Gasteiger partial charge on any atom is 0.193 e. The largest absolute Gasteiger partial charge is 0.354 e. The topological polar surface area (TPSA) is 48.7 Å². The zero-order valence-electron chi connectivity index (χ0n) is 18.3. The van der Waals surface area contributed by atoms with Crippen molar-refractivity contribution in [3.63, 3.8) is 0 Å². The van der Waals surface area contributed by atoms with Crippen molar-refractivity contribution < 1.29 is 0 Å². The molecule has 1 aromatic rings. The van der Waals surface area contributed by atoms with E-state index in [0.717, 1.165) is 25.6 Å². The Morgan fingerprint density at radius 2 is 1.86 bits per heavy atom. The first-order valence-electron chi connectivity index (χ1n) is 11.4. The molecular weight excluding hydrogens is 475 g/mol. The van der Waals surface area contributed by atoms with Crippen LogP contribution in [0, 0.1) is 0 Å². The maximum absolute atomic E-state index is 4.66. The van der Waals surface area contributed by atoms with Crippen molar-refractivity contribution in [2.75, 3.05) is 39.8 Å². The second kappa shape index (κ2) is 10.5. The SMILES string of the molecule is CN=C(NCC1(N2CCCCC2)CCCCC1)N1CCC(c2cnn(C)c2)C1.I. The molecule has 3 aliphatic rings. The molecule has 6 nitrogen and oxygen atoms in total. The summed E-state index contributed by atoms with van der Waals surface area (Å²) in [7, 11) is 3.94. The lowest BCUT2D eigenvalue weighted by Gasteiger charge is -2.48. The van der Waals surface area contributed by atoms with Crippen molar-refractivity contribution in [3.8, 4) is 0 Å². The molecule has 4 rings (SSSR count). The van der Waals surface area contributed by atoms with Crippen LogP contribution >= 0.6 is 24.0 Å². The van der Waals surface area contributed by atoms with E-state index in [4.69, 9.17) is 0 Å². The summed E-state index contributed by atoms with van der Waals surface area (Å²) in [6.07, 6.45) is 16.4. The van der Waals surface area contributed by atoms with E-state index in [1.165, 1.54) is 76.4 Å². The van der Waals surface area contributed by atoms with Crippen LogP contribution in [0.15, 0.2) is 17.4 Å². The molecule has 1 unspecified atom stereocenters. The number of guanidine groups is 1. The van der Waals surface area contributed by atoms with Crippen molar-refractivity contribution in [1.29, 1.82) is 0 Å². The number of nitrogens with zero attached hydrogens (tertiary/aromatic N) is 5. The van der Waals surface area contributed by atoms with Crippen LogP contribution < -0.4 is 5.32 Å². The van der Waals surface area contributed by atoms with Gasteiger partial charge in [0.1, 0.15) is 0 Å². The van der Waals surface area contributed by atoms with Crippen LogP contribution in [-0.4, -0.2) is 70.9 Å². The Kier molecular flexibility index (Phi) is 8.24. The van der Waals surface area contributed by atoms with Crippen LogP contribution in [0.5, 0.6) is 0 Å². The van der Waals surface area contributed by atoms with Gasteiger partial charge in [0.15, 0.2) is 5.96 Å². The van der Waals surface area contributed by atoms with E-state index < -0.39 is 0 Å². The molecule has 1 aliphatic carbocycles. The second-order valence-electron chi connectivity index (χ2n) is 9.11. The van der Waals surface area contributed by atoms with Gasteiger partial charge in [0.25, 0.3) is 0 Å². The lowest BCUT2D eigenvalue weighted by atomic mass is 9.79. The first-order chi connectivity index (χ1) is 13.7. The Bertz CT molecular complexity index is 660. The van der Waals surface area contributed by atoms with Crippen molar-refractivity contribution in [1.82, 2.24) is 24.9 Å². The number of halogens is 1. The highest BCUT2D eigenvalue weighted by atomic mass is 127. The van der Waals surface area contributed by atoms with Gasteiger partial charge in [0, 0.05) is 51.4 Å². The molecule has 164 valence electrons. The number of likely N-dealkylation sites (tertiary alicyclic amines) is 2. The minimum absolute atomic E-state index is 0. The minimum Gasteiger partial charge on any atom is -0.354 e. The van der Waals surface area contributed by atoms with Gasteiger partial charge in [-0.2, -0.15) is 5.10 Å². The third-order valence-electron chi connectivity index (χ3n) is 7.28. The summed E-state index contributed by atoms with van der Waals surface area (Å²) >= 11 is 0. The first-order valence-corrected chi connectivity index (χ1v) is 11.4. The summed E-state index contributed by atoms with van der Waals surface area (Å²) in [4.78, 5) is 9.92. The quantitative estimate of drug-likeness (QED) is 0.379. The lowest BCUT2D eigenvalue weighted by molar-refractivity contribution is 0.0364. The fourth-order valence-corrected chi connectivity index (χ4v) is 5.63. The summed E-state index contributed by atoms with van der Waals surface area (Å²) in [6, 6.07) is 0. The van der Waals surface area contributed by atoms with Gasteiger partial charge < -0.3 is 10.2 Å². The number of aliphatic imine (C=N–C) groups is 1. The van der Waals surface area contributed by atoms with E-state index in [-0.39, 0.29) is 24.0 Å². The monoisotopic (exact) mass is 514 g/mol. The molecule has 1 N–H and O–H groups in total. The standard InChI is InChI=1S/C22H38N6.HI/c1-23-21(27-14-9-19(17-27)20-15-25-26(2)16-20)24-18-22(10-5-3-6-11-22)28-12-7-4-8-13-28;/h15-16,19H,3-14,17-18H2,1-2H3,(H,23,24);1H. The smallest absolute Gasteiger partial charge is 0.193 e. The van der Waals surface area contributed by atoms with Crippen LogP contribution in [-0.2, 0) is 7.05 Å². The number of aromatic nitrogens is 2. The molecule has 2 saturated heterocycles. The van der Waals surface area contributed by atoms with E-state index >= 15 is 0 Å². The molecule has 3 fully saturated rings. The van der Waals surface area contributed by atoms with Gasteiger partial charge in [0.05, 0.1) is 6.20 Å². The zero-order chi connectivity index (χ0) is 19.4. The molecular formula is C22H39IN6. The van der Waals surface area contributed by atoms with E-state index in [1.807, 2.05) is 25.0 Å². The average molecular weight is 515 g/mol. The molecule has 7 heteroatoms. The highest BCUT2D eigenvalue weighted by Gasteiger charge is 2.39. The van der Waals surface area contributed by atoms with Gasteiger partial charge in [-0.05, 0) is 50.8 Å². The normalized spacial score (nSPS) is 25.7. The Hall–Kier alpha value is -0.830. The third-order valence-corrected chi connectivity index (χ3v) is 7.28. The van der Waals surface area contributed by atoms with Gasteiger partial charge in [-0.1, -0.05) is 25.7 Å². The Morgan fingerprint density at radius 1 is 1.14 bits per heavy atom. The molecule has 0 radical (unpaired) electrons. The summed E-state index contributed by atoms with van der Waals surface area (Å²) in [5, 5.41) is 8.17. The highest BCUT2D eigenvalue weighted by Crippen LogP contribution is 2.35. The van der Waals surface area contributed by atoms with Gasteiger partial charge >= 0.3 is 0 Å². The van der Waals surface area contributed by atoms with Gasteiger partial charge in [-0.3, -0.25) is 14.6 Å². The highest BCUT2D eigenvalue weighted by molar-refractivity contribution is 14.0.